The van der Waals surface area contributed by atoms with Crippen molar-refractivity contribution in [1.29, 1.82) is 0 Å². The molecule has 1 aromatic rings. The average Bonchev–Trinajstić information content (AvgIpc) is 2.85. The van der Waals surface area contributed by atoms with Crippen LogP contribution in [-0.4, -0.2) is 23.9 Å². The Morgan fingerprint density at radius 3 is 2.50 bits per heavy atom. The minimum absolute atomic E-state index is 0.0329. The molecule has 2 N–H and O–H groups in total. The average molecular weight is 287 g/mol. The van der Waals surface area contributed by atoms with Gasteiger partial charge in [0.25, 0.3) is 0 Å². The Morgan fingerprint density at radius 1 is 1.20 bits per heavy atom. The Morgan fingerprint density at radius 2 is 1.90 bits per heavy atom. The van der Waals surface area contributed by atoms with E-state index in [0.717, 1.165) is 19.3 Å². The fourth-order valence-electron chi connectivity index (χ4n) is 2.92. The van der Waals surface area contributed by atoms with Gasteiger partial charge in [-0.3, -0.25) is 0 Å². The van der Waals surface area contributed by atoms with Gasteiger partial charge in [-0.15, -0.1) is 0 Å². The number of aliphatic hydroxyl groups is 1. The summed E-state index contributed by atoms with van der Waals surface area (Å²) in [4.78, 5) is 0. The number of alkyl halides is 3. The molecule has 0 radical (unpaired) electrons. The third-order valence-electron chi connectivity index (χ3n) is 3.95. The molecule has 112 valence electrons. The van der Waals surface area contributed by atoms with Gasteiger partial charge < -0.3 is 10.4 Å². The van der Waals surface area contributed by atoms with Crippen LogP contribution >= 0.6 is 0 Å². The monoisotopic (exact) mass is 287 g/mol. The molecule has 2 nitrogen and oxygen atoms in total. The molecular formula is C15H20F3NO. The normalized spacial score (nSPS) is 24.8. The molecule has 5 heteroatoms. The summed E-state index contributed by atoms with van der Waals surface area (Å²) in [5, 5.41) is 12.4. The van der Waals surface area contributed by atoms with Crippen molar-refractivity contribution in [2.45, 2.75) is 43.9 Å². The first-order chi connectivity index (χ1) is 9.49. The maximum Gasteiger partial charge on any atom is 0.390 e. The topological polar surface area (TPSA) is 32.3 Å². The lowest BCUT2D eigenvalue weighted by Crippen LogP contribution is -2.38. The molecule has 0 heterocycles. The van der Waals surface area contributed by atoms with E-state index < -0.39 is 18.6 Å². The molecule has 1 saturated carbocycles. The van der Waals surface area contributed by atoms with Gasteiger partial charge in [0.1, 0.15) is 0 Å². The zero-order valence-electron chi connectivity index (χ0n) is 11.2. The van der Waals surface area contributed by atoms with Crippen molar-refractivity contribution >= 4 is 0 Å². The summed E-state index contributed by atoms with van der Waals surface area (Å²) in [6.07, 6.45) is -2.43. The van der Waals surface area contributed by atoms with Gasteiger partial charge in [-0.1, -0.05) is 36.8 Å². The molecule has 0 saturated heterocycles. The summed E-state index contributed by atoms with van der Waals surface area (Å²) in [7, 11) is 0. The van der Waals surface area contributed by atoms with Gasteiger partial charge in [-0.25, -0.2) is 0 Å². The van der Waals surface area contributed by atoms with Gasteiger partial charge in [0, 0.05) is 18.7 Å². The highest BCUT2D eigenvalue weighted by atomic mass is 19.4. The SMILES string of the molecule is OCC1CCCC1NC(CC(F)(F)F)c1ccccc1. The van der Waals surface area contributed by atoms with E-state index in [2.05, 4.69) is 5.32 Å². The fraction of sp³-hybridized carbons (Fsp3) is 0.600. The first-order valence-electron chi connectivity index (χ1n) is 6.98. The molecule has 0 spiro atoms. The number of benzene rings is 1. The van der Waals surface area contributed by atoms with Gasteiger partial charge in [0.05, 0.1) is 6.42 Å². The van der Waals surface area contributed by atoms with Crippen LogP contribution in [0.5, 0.6) is 0 Å². The number of halogens is 3. The summed E-state index contributed by atoms with van der Waals surface area (Å²) in [5.41, 5.74) is 0.647. The predicted molar refractivity (Wildman–Crippen MR) is 71.2 cm³/mol. The summed E-state index contributed by atoms with van der Waals surface area (Å²) in [6, 6.07) is 7.94. The van der Waals surface area contributed by atoms with Crippen molar-refractivity contribution in [1.82, 2.24) is 5.32 Å². The second-order valence-electron chi connectivity index (χ2n) is 5.43. The van der Waals surface area contributed by atoms with Crippen molar-refractivity contribution in [2.24, 2.45) is 5.92 Å². The van der Waals surface area contributed by atoms with Gasteiger partial charge >= 0.3 is 6.18 Å². The number of rotatable bonds is 5. The van der Waals surface area contributed by atoms with Crippen molar-refractivity contribution in [3.8, 4) is 0 Å². The number of hydrogen-bond donors (Lipinski definition) is 2. The zero-order valence-corrected chi connectivity index (χ0v) is 11.2. The minimum Gasteiger partial charge on any atom is -0.396 e. The summed E-state index contributed by atoms with van der Waals surface area (Å²) in [5.74, 6) is 0.0643. The molecule has 0 amide bonds. The third kappa shape index (κ3) is 4.21. The van der Waals surface area contributed by atoms with E-state index in [1.165, 1.54) is 0 Å². The Kier molecular flexibility index (Phi) is 5.05. The molecule has 2 rings (SSSR count). The molecule has 3 unspecified atom stereocenters. The van der Waals surface area contributed by atoms with Crippen LogP contribution in [0, 0.1) is 5.92 Å². The summed E-state index contributed by atoms with van der Waals surface area (Å²) >= 11 is 0. The smallest absolute Gasteiger partial charge is 0.390 e. The van der Waals surface area contributed by atoms with Crippen LogP contribution < -0.4 is 5.32 Å². The van der Waals surface area contributed by atoms with Crippen LogP contribution in [0.2, 0.25) is 0 Å². The van der Waals surface area contributed by atoms with Crippen molar-refractivity contribution < 1.29 is 18.3 Å². The Hall–Kier alpha value is -1.07. The molecule has 1 fully saturated rings. The maximum atomic E-state index is 12.8. The van der Waals surface area contributed by atoms with Gasteiger partial charge in [-0.05, 0) is 24.3 Å². The van der Waals surface area contributed by atoms with Crippen LogP contribution in [0.25, 0.3) is 0 Å². The van der Waals surface area contributed by atoms with Gasteiger partial charge in [-0.2, -0.15) is 13.2 Å². The maximum absolute atomic E-state index is 12.8. The van der Waals surface area contributed by atoms with Crippen LogP contribution in [0.3, 0.4) is 0 Å². The highest BCUT2D eigenvalue weighted by Gasteiger charge is 2.35. The molecule has 0 aromatic heterocycles. The molecule has 0 bridgehead atoms. The second kappa shape index (κ2) is 6.59. The van der Waals surface area contributed by atoms with E-state index >= 15 is 0 Å². The minimum atomic E-state index is -4.21. The van der Waals surface area contributed by atoms with Crippen molar-refractivity contribution in [3.05, 3.63) is 35.9 Å². The lowest BCUT2D eigenvalue weighted by Gasteiger charge is -2.27. The Bertz CT molecular complexity index is 407. The van der Waals surface area contributed by atoms with E-state index in [1.54, 1.807) is 30.3 Å². The largest absolute Gasteiger partial charge is 0.396 e. The number of hydrogen-bond acceptors (Lipinski definition) is 2. The lowest BCUT2D eigenvalue weighted by molar-refractivity contribution is -0.141. The second-order valence-corrected chi connectivity index (χ2v) is 5.43. The van der Waals surface area contributed by atoms with Gasteiger partial charge in [0.2, 0.25) is 0 Å². The van der Waals surface area contributed by atoms with Crippen LogP contribution in [0.15, 0.2) is 30.3 Å². The first-order valence-corrected chi connectivity index (χ1v) is 6.98. The number of aliphatic hydroxyl groups excluding tert-OH is 1. The molecule has 1 aromatic carbocycles. The van der Waals surface area contributed by atoms with Crippen molar-refractivity contribution in [3.63, 3.8) is 0 Å². The van der Waals surface area contributed by atoms with E-state index in [9.17, 15) is 18.3 Å². The highest BCUT2D eigenvalue weighted by molar-refractivity contribution is 5.19. The van der Waals surface area contributed by atoms with Crippen LogP contribution in [0.1, 0.15) is 37.3 Å². The van der Waals surface area contributed by atoms with E-state index in [0.29, 0.717) is 5.56 Å². The molecule has 1 aliphatic rings. The van der Waals surface area contributed by atoms with Crippen molar-refractivity contribution in [2.75, 3.05) is 6.61 Å². The van der Waals surface area contributed by atoms with Gasteiger partial charge in [0.15, 0.2) is 0 Å². The highest BCUT2D eigenvalue weighted by Crippen LogP contribution is 2.33. The fourth-order valence-corrected chi connectivity index (χ4v) is 2.92. The third-order valence-corrected chi connectivity index (χ3v) is 3.95. The summed E-state index contributed by atoms with van der Waals surface area (Å²) < 4.78 is 38.3. The first kappa shape index (κ1) is 15.3. The van der Waals surface area contributed by atoms with E-state index in [4.69, 9.17) is 0 Å². The van der Waals surface area contributed by atoms with Crippen LogP contribution in [-0.2, 0) is 0 Å². The standard InChI is InChI=1S/C15H20F3NO/c16-15(17,18)9-14(11-5-2-1-3-6-11)19-13-8-4-7-12(13)10-20/h1-3,5-6,12-14,19-20H,4,7-10H2. The van der Waals surface area contributed by atoms with Crippen LogP contribution in [0.4, 0.5) is 13.2 Å². The molecule has 20 heavy (non-hydrogen) atoms. The molecule has 3 atom stereocenters. The van der Waals surface area contributed by atoms with E-state index in [1.807, 2.05) is 0 Å². The lowest BCUT2D eigenvalue weighted by atomic mass is 9.99. The number of nitrogens with one attached hydrogen (secondary N) is 1. The molecular weight excluding hydrogens is 267 g/mol. The summed E-state index contributed by atoms with van der Waals surface area (Å²) in [6.45, 7) is 0.0329. The predicted octanol–water partition coefficient (Wildman–Crippen LogP) is 3.43. The molecule has 0 aliphatic heterocycles. The Labute approximate surface area is 117 Å². The molecule has 1 aliphatic carbocycles. The van der Waals surface area contributed by atoms with E-state index in [-0.39, 0.29) is 18.6 Å². The zero-order chi connectivity index (χ0) is 14.6. The Balaban J connectivity index is 2.10. The quantitative estimate of drug-likeness (QED) is 0.869.